The molecule has 2 aromatic rings. The van der Waals surface area contributed by atoms with Crippen molar-refractivity contribution in [1.29, 1.82) is 0 Å². The Kier molecular flexibility index (Phi) is 4.03. The highest BCUT2D eigenvalue weighted by atomic mass is 16.2. The fraction of sp³-hybridized carbons (Fsp3) is 0.250. The average Bonchev–Trinajstić information content (AvgIpc) is 3.03. The number of nitrogens with zero attached hydrogens (tertiary/aromatic N) is 3. The maximum absolute atomic E-state index is 12.6. The molecule has 24 heavy (non-hydrogen) atoms. The van der Waals surface area contributed by atoms with Crippen LogP contribution in [0.1, 0.15) is 21.6 Å². The number of rotatable bonds is 4. The Balaban J connectivity index is 1.83. The van der Waals surface area contributed by atoms with Crippen LogP contribution in [0.4, 0.5) is 10.6 Å². The molecule has 8 heteroatoms. The van der Waals surface area contributed by atoms with E-state index < -0.39 is 6.03 Å². The summed E-state index contributed by atoms with van der Waals surface area (Å²) in [5.74, 6) is -0.0552. The van der Waals surface area contributed by atoms with E-state index in [0.717, 1.165) is 10.6 Å². The lowest BCUT2D eigenvalue weighted by atomic mass is 10.1. The molecule has 1 fully saturated rings. The van der Waals surface area contributed by atoms with Crippen LogP contribution in [0.3, 0.4) is 0 Å². The molecule has 1 aromatic heterocycles. The number of anilines is 1. The van der Waals surface area contributed by atoms with Crippen LogP contribution >= 0.6 is 0 Å². The van der Waals surface area contributed by atoms with Crippen LogP contribution in [0.5, 0.6) is 0 Å². The Labute approximate surface area is 138 Å². The van der Waals surface area contributed by atoms with Crippen molar-refractivity contribution in [1.82, 2.24) is 20.0 Å². The lowest BCUT2D eigenvalue weighted by Gasteiger charge is -2.15. The van der Waals surface area contributed by atoms with Crippen molar-refractivity contribution < 1.29 is 14.4 Å². The van der Waals surface area contributed by atoms with Crippen molar-refractivity contribution in [3.8, 4) is 0 Å². The highest BCUT2D eigenvalue weighted by molar-refractivity contribution is 6.05. The first-order valence-corrected chi connectivity index (χ1v) is 7.44. The molecular formula is C16H17N5O3. The van der Waals surface area contributed by atoms with E-state index >= 15 is 0 Å². The van der Waals surface area contributed by atoms with Gasteiger partial charge in [-0.05, 0) is 18.6 Å². The molecule has 1 aromatic carbocycles. The van der Waals surface area contributed by atoms with Crippen LogP contribution < -0.4 is 10.6 Å². The molecule has 1 aliphatic rings. The van der Waals surface area contributed by atoms with Gasteiger partial charge in [-0.3, -0.25) is 19.2 Å². The fourth-order valence-corrected chi connectivity index (χ4v) is 2.58. The molecule has 0 radical (unpaired) electrons. The van der Waals surface area contributed by atoms with Gasteiger partial charge in [0, 0.05) is 18.7 Å². The van der Waals surface area contributed by atoms with Gasteiger partial charge in [-0.15, -0.1) is 0 Å². The van der Waals surface area contributed by atoms with Gasteiger partial charge in [-0.2, -0.15) is 5.10 Å². The van der Waals surface area contributed by atoms with Gasteiger partial charge >= 0.3 is 6.03 Å². The van der Waals surface area contributed by atoms with Gasteiger partial charge in [-0.25, -0.2) is 4.79 Å². The summed E-state index contributed by atoms with van der Waals surface area (Å²) < 4.78 is 1.58. The zero-order valence-corrected chi connectivity index (χ0v) is 13.4. The van der Waals surface area contributed by atoms with Gasteiger partial charge in [0.25, 0.3) is 5.91 Å². The second-order valence-corrected chi connectivity index (χ2v) is 5.54. The van der Waals surface area contributed by atoms with E-state index in [1.165, 1.54) is 0 Å². The van der Waals surface area contributed by atoms with Crippen LogP contribution in [-0.4, -0.2) is 39.1 Å². The van der Waals surface area contributed by atoms with Gasteiger partial charge < -0.3 is 10.6 Å². The Morgan fingerprint density at radius 2 is 2.08 bits per heavy atom. The predicted molar refractivity (Wildman–Crippen MR) is 86.3 cm³/mol. The molecule has 4 amide bonds. The molecule has 2 N–H and O–H groups in total. The number of urea groups is 1. The number of imide groups is 1. The zero-order chi connectivity index (χ0) is 17.3. The van der Waals surface area contributed by atoms with Gasteiger partial charge in [0.05, 0.1) is 18.8 Å². The van der Waals surface area contributed by atoms with Crippen molar-refractivity contribution in [2.75, 3.05) is 11.9 Å². The summed E-state index contributed by atoms with van der Waals surface area (Å²) in [6, 6.07) is 8.20. The first-order chi connectivity index (χ1) is 11.5. The molecule has 0 bridgehead atoms. The van der Waals surface area contributed by atoms with Crippen molar-refractivity contribution in [3.63, 3.8) is 0 Å². The number of amides is 4. The molecule has 0 atom stereocenters. The first kappa shape index (κ1) is 15.7. The lowest BCUT2D eigenvalue weighted by Crippen LogP contribution is -2.31. The largest absolute Gasteiger partial charge is 0.329 e. The second kappa shape index (κ2) is 6.15. The van der Waals surface area contributed by atoms with E-state index in [1.54, 1.807) is 42.1 Å². The van der Waals surface area contributed by atoms with Crippen LogP contribution in [0.15, 0.2) is 30.3 Å². The van der Waals surface area contributed by atoms with Crippen LogP contribution in [0.25, 0.3) is 0 Å². The third-order valence-corrected chi connectivity index (χ3v) is 3.77. The van der Waals surface area contributed by atoms with Gasteiger partial charge in [0.15, 0.2) is 0 Å². The summed E-state index contributed by atoms with van der Waals surface area (Å²) >= 11 is 0. The number of hydrogen-bond donors (Lipinski definition) is 2. The molecule has 2 heterocycles. The van der Waals surface area contributed by atoms with Crippen LogP contribution in [-0.2, 0) is 18.4 Å². The quantitative estimate of drug-likeness (QED) is 0.820. The topological polar surface area (TPSA) is 96.3 Å². The van der Waals surface area contributed by atoms with Gasteiger partial charge in [-0.1, -0.05) is 18.2 Å². The first-order valence-electron chi connectivity index (χ1n) is 7.44. The molecule has 0 unspecified atom stereocenters. The molecule has 1 aliphatic heterocycles. The summed E-state index contributed by atoms with van der Waals surface area (Å²) in [5.41, 5.74) is 1.79. The van der Waals surface area contributed by atoms with Crippen LogP contribution in [0, 0.1) is 6.92 Å². The Morgan fingerprint density at radius 1 is 1.33 bits per heavy atom. The molecule has 1 saturated heterocycles. The molecular weight excluding hydrogens is 310 g/mol. The van der Waals surface area contributed by atoms with E-state index in [1.807, 2.05) is 6.92 Å². The average molecular weight is 327 g/mol. The minimum absolute atomic E-state index is 0.0124. The van der Waals surface area contributed by atoms with Crippen molar-refractivity contribution >= 4 is 23.7 Å². The normalized spacial score (nSPS) is 14.0. The Bertz CT molecular complexity index is 811. The number of aromatic nitrogens is 2. The molecule has 3 rings (SSSR count). The Hall–Kier alpha value is -3.16. The molecule has 0 saturated carbocycles. The van der Waals surface area contributed by atoms with E-state index in [4.69, 9.17) is 0 Å². The molecule has 0 spiro atoms. The fourth-order valence-electron chi connectivity index (χ4n) is 2.58. The molecule has 0 aliphatic carbocycles. The standard InChI is InChI=1S/C16H17N5O3/c1-10-7-13(20(2)19-10)18-15(23)12-6-4-3-5-11(12)9-21-14(22)8-17-16(21)24/h3-7H,8-9H2,1-2H3,(H,17,24)(H,18,23). The summed E-state index contributed by atoms with van der Waals surface area (Å²) in [7, 11) is 1.74. The van der Waals surface area contributed by atoms with E-state index in [2.05, 4.69) is 15.7 Å². The maximum Gasteiger partial charge on any atom is 0.324 e. The number of aryl methyl sites for hydroxylation is 2. The zero-order valence-electron chi connectivity index (χ0n) is 13.4. The summed E-state index contributed by atoms with van der Waals surface area (Å²) in [5, 5.41) is 9.44. The number of nitrogens with one attached hydrogen (secondary N) is 2. The highest BCUT2D eigenvalue weighted by Crippen LogP contribution is 2.16. The highest BCUT2D eigenvalue weighted by Gasteiger charge is 2.29. The third kappa shape index (κ3) is 2.98. The molecule has 124 valence electrons. The van der Waals surface area contributed by atoms with E-state index in [9.17, 15) is 14.4 Å². The van der Waals surface area contributed by atoms with Crippen molar-refractivity contribution in [2.24, 2.45) is 7.05 Å². The van der Waals surface area contributed by atoms with Crippen molar-refractivity contribution in [3.05, 3.63) is 47.2 Å². The summed E-state index contributed by atoms with van der Waals surface area (Å²) in [6.45, 7) is 1.88. The molecule has 8 nitrogen and oxygen atoms in total. The van der Waals surface area contributed by atoms with Gasteiger partial charge in [0.2, 0.25) is 5.91 Å². The summed E-state index contributed by atoms with van der Waals surface area (Å²) in [6.07, 6.45) is 0. The third-order valence-electron chi connectivity index (χ3n) is 3.77. The second-order valence-electron chi connectivity index (χ2n) is 5.54. The number of hydrogen-bond acceptors (Lipinski definition) is 4. The summed E-state index contributed by atoms with van der Waals surface area (Å²) in [4.78, 5) is 37.1. The van der Waals surface area contributed by atoms with Crippen molar-refractivity contribution in [2.45, 2.75) is 13.5 Å². The number of carbonyl (C=O) groups is 3. The monoisotopic (exact) mass is 327 g/mol. The predicted octanol–water partition coefficient (Wildman–Crippen LogP) is 1.03. The van der Waals surface area contributed by atoms with Crippen LogP contribution in [0.2, 0.25) is 0 Å². The minimum atomic E-state index is -0.447. The number of carbonyl (C=O) groups excluding carboxylic acids is 3. The Morgan fingerprint density at radius 3 is 2.71 bits per heavy atom. The number of benzene rings is 1. The smallest absolute Gasteiger partial charge is 0.324 e. The minimum Gasteiger partial charge on any atom is -0.329 e. The van der Waals surface area contributed by atoms with E-state index in [-0.39, 0.29) is 24.9 Å². The van der Waals surface area contributed by atoms with Gasteiger partial charge in [0.1, 0.15) is 5.82 Å². The lowest BCUT2D eigenvalue weighted by molar-refractivity contribution is -0.125. The maximum atomic E-state index is 12.6. The SMILES string of the molecule is Cc1cc(NC(=O)c2ccccc2CN2C(=O)CNC2=O)n(C)n1. The van der Waals surface area contributed by atoms with E-state index in [0.29, 0.717) is 16.9 Å².